The van der Waals surface area contributed by atoms with Crippen LogP contribution in [0.4, 0.5) is 0 Å². The molecule has 0 spiro atoms. The molecule has 0 saturated heterocycles. The van der Waals surface area contributed by atoms with Crippen LogP contribution in [0.1, 0.15) is 29.3 Å². The number of methoxy groups -OCH3 is 1. The first kappa shape index (κ1) is 18.8. The van der Waals surface area contributed by atoms with Gasteiger partial charge in [0.2, 0.25) is 0 Å². The van der Waals surface area contributed by atoms with Crippen molar-refractivity contribution in [2.45, 2.75) is 23.5 Å². The molecule has 2 aromatic rings. The molecule has 0 heterocycles. The van der Waals surface area contributed by atoms with Gasteiger partial charge in [0.15, 0.2) is 0 Å². The average Bonchev–Trinajstić information content (AvgIpc) is 2.64. The van der Waals surface area contributed by atoms with Gasteiger partial charge in [-0.3, -0.25) is 0 Å². The summed E-state index contributed by atoms with van der Waals surface area (Å²) in [5, 5.41) is 5.23. The van der Waals surface area contributed by atoms with Crippen LogP contribution in [0.3, 0.4) is 0 Å². The summed E-state index contributed by atoms with van der Waals surface area (Å²) >= 11 is 1.98. The zero-order chi connectivity index (χ0) is 17.4. The molecular weight excluding hydrogens is 385 g/mol. The molecule has 0 aromatic heterocycles. The van der Waals surface area contributed by atoms with Crippen molar-refractivity contribution in [3.63, 3.8) is 0 Å². The van der Waals surface area contributed by atoms with E-state index in [-0.39, 0.29) is 21.0 Å². The third-order valence-electron chi connectivity index (χ3n) is 3.78. The molecule has 0 aliphatic carbocycles. The zero-order valence-electron chi connectivity index (χ0n) is 14.0. The van der Waals surface area contributed by atoms with Crippen molar-refractivity contribution >= 4 is 31.2 Å². The predicted molar refractivity (Wildman–Crippen MR) is 103 cm³/mol. The summed E-state index contributed by atoms with van der Waals surface area (Å²) in [6, 6.07) is 16.1. The van der Waals surface area contributed by atoms with Crippen LogP contribution in [0.2, 0.25) is 5.32 Å². The number of nitrogens with zero attached hydrogens (tertiary/aromatic N) is 3. The average molecular weight is 406 g/mol. The summed E-state index contributed by atoms with van der Waals surface area (Å²) in [4.78, 5) is 3.04. The third kappa shape index (κ3) is 4.71. The molecule has 24 heavy (non-hydrogen) atoms. The molecule has 4 nitrogen and oxygen atoms in total. The molecule has 126 valence electrons. The Balaban J connectivity index is 2.27. The van der Waals surface area contributed by atoms with Gasteiger partial charge in [-0.1, -0.05) is 0 Å². The van der Waals surface area contributed by atoms with Crippen molar-refractivity contribution < 1.29 is 4.74 Å². The SMILES string of the molecule is COc1cccc([C@H](C)SC)c1[Se]C[C@H](N=[N+]=[N-])c1ccccc1. The molecular formula is C18H21N3OSSe. The molecule has 6 heteroatoms. The molecule has 2 atom stereocenters. The Labute approximate surface area is 153 Å². The van der Waals surface area contributed by atoms with E-state index in [1.807, 2.05) is 54.2 Å². The van der Waals surface area contributed by atoms with Crippen LogP contribution < -0.4 is 9.20 Å². The fourth-order valence-corrected chi connectivity index (χ4v) is 5.71. The van der Waals surface area contributed by atoms with Gasteiger partial charge in [-0.2, -0.15) is 0 Å². The topological polar surface area (TPSA) is 58.0 Å². The minimum atomic E-state index is -0.140. The van der Waals surface area contributed by atoms with E-state index in [4.69, 9.17) is 10.3 Å². The Morgan fingerprint density at radius 1 is 1.21 bits per heavy atom. The Morgan fingerprint density at radius 2 is 1.96 bits per heavy atom. The summed E-state index contributed by atoms with van der Waals surface area (Å²) in [5.74, 6) is 0.932. The van der Waals surface area contributed by atoms with E-state index in [0.717, 1.165) is 16.6 Å². The number of azide groups is 1. The molecule has 0 saturated carbocycles. The van der Waals surface area contributed by atoms with Gasteiger partial charge in [0.25, 0.3) is 0 Å². The van der Waals surface area contributed by atoms with Crippen molar-refractivity contribution in [1.82, 2.24) is 0 Å². The van der Waals surface area contributed by atoms with Gasteiger partial charge >= 0.3 is 154 Å². The van der Waals surface area contributed by atoms with Gasteiger partial charge in [0.05, 0.1) is 0 Å². The van der Waals surface area contributed by atoms with Crippen molar-refractivity contribution in [2.75, 3.05) is 13.4 Å². The molecule has 0 N–H and O–H groups in total. The van der Waals surface area contributed by atoms with Crippen LogP contribution in [0, 0.1) is 0 Å². The fourth-order valence-electron chi connectivity index (χ4n) is 2.39. The Kier molecular flexibility index (Phi) is 7.54. The fraction of sp³-hybridized carbons (Fsp3) is 0.333. The van der Waals surface area contributed by atoms with Crippen molar-refractivity contribution in [3.05, 3.63) is 70.1 Å². The second-order valence-electron chi connectivity index (χ2n) is 5.20. The van der Waals surface area contributed by atoms with Gasteiger partial charge in [-0.25, -0.2) is 0 Å². The summed E-state index contributed by atoms with van der Waals surface area (Å²) in [7, 11) is 1.71. The van der Waals surface area contributed by atoms with Gasteiger partial charge in [-0.05, 0) is 0 Å². The standard InChI is InChI=1S/C18H21N3OSSe/c1-13(23-3)15-10-7-11-17(22-2)18(15)24-12-16(20-21-19)14-8-5-4-6-9-14/h4-11,13,16H,12H2,1-3H3/t13-,16-/m0/s1. The molecule has 0 amide bonds. The van der Waals surface area contributed by atoms with Crippen LogP contribution in [-0.4, -0.2) is 28.3 Å². The van der Waals surface area contributed by atoms with E-state index in [9.17, 15) is 0 Å². The van der Waals surface area contributed by atoms with Gasteiger partial charge in [0.1, 0.15) is 0 Å². The molecule has 0 fully saturated rings. The molecule has 0 bridgehead atoms. The quantitative estimate of drug-likeness (QED) is 0.270. The second kappa shape index (κ2) is 9.65. The van der Waals surface area contributed by atoms with Crippen molar-refractivity contribution in [1.29, 1.82) is 0 Å². The van der Waals surface area contributed by atoms with E-state index in [2.05, 4.69) is 29.3 Å². The van der Waals surface area contributed by atoms with E-state index < -0.39 is 0 Å². The normalized spacial score (nSPS) is 13.0. The Hall–Kier alpha value is -1.58. The van der Waals surface area contributed by atoms with E-state index in [1.165, 1.54) is 10.0 Å². The predicted octanol–water partition coefficient (Wildman–Crippen LogP) is 4.92. The zero-order valence-corrected chi connectivity index (χ0v) is 16.6. The maximum absolute atomic E-state index is 8.91. The van der Waals surface area contributed by atoms with Crippen molar-refractivity contribution in [2.24, 2.45) is 5.11 Å². The second-order valence-corrected chi connectivity index (χ2v) is 8.54. The van der Waals surface area contributed by atoms with Gasteiger partial charge in [0, 0.05) is 0 Å². The number of ether oxygens (including phenoxy) is 1. The van der Waals surface area contributed by atoms with Crippen LogP contribution in [0.5, 0.6) is 5.75 Å². The molecule has 0 aliphatic rings. The first-order chi connectivity index (χ1) is 11.7. The number of hydrogen-bond donors (Lipinski definition) is 0. The number of rotatable bonds is 8. The Bertz CT molecular complexity index is 705. The van der Waals surface area contributed by atoms with E-state index >= 15 is 0 Å². The van der Waals surface area contributed by atoms with Crippen LogP contribution in [0.25, 0.3) is 10.4 Å². The number of hydrogen-bond acceptors (Lipinski definition) is 3. The Morgan fingerprint density at radius 3 is 2.58 bits per heavy atom. The summed E-state index contributed by atoms with van der Waals surface area (Å²) < 4.78 is 6.85. The molecule has 0 radical (unpaired) electrons. The summed E-state index contributed by atoms with van der Waals surface area (Å²) in [6.07, 6.45) is 2.12. The van der Waals surface area contributed by atoms with E-state index in [1.54, 1.807) is 7.11 Å². The summed E-state index contributed by atoms with van der Waals surface area (Å²) in [6.45, 7) is 2.21. The molecule has 2 rings (SSSR count). The summed E-state index contributed by atoms with van der Waals surface area (Å²) in [5.41, 5.74) is 11.3. The van der Waals surface area contributed by atoms with Crippen molar-refractivity contribution in [3.8, 4) is 5.75 Å². The van der Waals surface area contributed by atoms with Gasteiger partial charge in [-0.15, -0.1) is 0 Å². The molecule has 0 aliphatic heterocycles. The van der Waals surface area contributed by atoms with Crippen LogP contribution >= 0.6 is 11.8 Å². The first-order valence-corrected chi connectivity index (χ1v) is 11.0. The van der Waals surface area contributed by atoms with Crippen LogP contribution in [-0.2, 0) is 0 Å². The maximum atomic E-state index is 8.91. The third-order valence-corrected chi connectivity index (χ3v) is 7.28. The van der Waals surface area contributed by atoms with Crippen LogP contribution in [0.15, 0.2) is 53.6 Å². The first-order valence-electron chi connectivity index (χ1n) is 7.62. The number of thioether (sulfide) groups is 1. The number of benzene rings is 2. The monoisotopic (exact) mass is 407 g/mol. The minimum absolute atomic E-state index is 0.140. The van der Waals surface area contributed by atoms with Gasteiger partial charge < -0.3 is 0 Å². The molecule has 2 aromatic carbocycles. The molecule has 0 unspecified atom stereocenters. The van der Waals surface area contributed by atoms with E-state index in [0.29, 0.717) is 5.25 Å².